The van der Waals surface area contributed by atoms with Crippen molar-refractivity contribution >= 4 is 17.7 Å². The van der Waals surface area contributed by atoms with Crippen molar-refractivity contribution in [3.05, 3.63) is 30.3 Å². The number of urea groups is 1. The zero-order chi connectivity index (χ0) is 15.1. The molecule has 1 rings (SSSR count). The van der Waals surface area contributed by atoms with Crippen LogP contribution in [0.2, 0.25) is 0 Å². The van der Waals surface area contributed by atoms with Gasteiger partial charge in [0.25, 0.3) is 0 Å². The second-order valence-corrected chi connectivity index (χ2v) is 4.64. The monoisotopic (exact) mass is 278 g/mol. The minimum atomic E-state index is -1.03. The summed E-state index contributed by atoms with van der Waals surface area (Å²) in [5.74, 6) is -1.03. The van der Waals surface area contributed by atoms with Crippen LogP contribution >= 0.6 is 0 Å². The van der Waals surface area contributed by atoms with Crippen LogP contribution in [0.25, 0.3) is 0 Å². The van der Waals surface area contributed by atoms with E-state index in [0.717, 1.165) is 6.42 Å². The molecule has 0 aliphatic heterocycles. The van der Waals surface area contributed by atoms with Crippen molar-refractivity contribution in [1.29, 1.82) is 0 Å². The summed E-state index contributed by atoms with van der Waals surface area (Å²) in [5, 5.41) is 9.03. The number of hydrogen-bond donors (Lipinski definition) is 1. The fourth-order valence-electron chi connectivity index (χ4n) is 2.02. The Morgan fingerprint density at radius 1 is 1.20 bits per heavy atom. The highest BCUT2D eigenvalue weighted by Gasteiger charge is 2.25. The Morgan fingerprint density at radius 2 is 1.80 bits per heavy atom. The largest absolute Gasteiger partial charge is 0.480 e. The standard InChI is InChI=1S/C15H22N2O3/c1-4-12(3)16(5-2)15(20)17(11-14(18)19)13-9-7-6-8-10-13/h6-10,12H,4-5,11H2,1-3H3,(H,18,19). The molecule has 2 amide bonds. The van der Waals surface area contributed by atoms with Gasteiger partial charge in [0.15, 0.2) is 0 Å². The van der Waals surface area contributed by atoms with Crippen molar-refractivity contribution in [3.63, 3.8) is 0 Å². The van der Waals surface area contributed by atoms with Crippen molar-refractivity contribution < 1.29 is 14.7 Å². The average molecular weight is 278 g/mol. The van der Waals surface area contributed by atoms with Gasteiger partial charge in [0.2, 0.25) is 0 Å². The lowest BCUT2D eigenvalue weighted by Gasteiger charge is -2.33. The number of carboxylic acids is 1. The number of benzene rings is 1. The maximum atomic E-state index is 12.6. The van der Waals surface area contributed by atoms with Gasteiger partial charge < -0.3 is 10.0 Å². The molecule has 0 aliphatic carbocycles. The summed E-state index contributed by atoms with van der Waals surface area (Å²) in [5.41, 5.74) is 0.599. The van der Waals surface area contributed by atoms with E-state index in [9.17, 15) is 9.59 Å². The van der Waals surface area contributed by atoms with E-state index < -0.39 is 5.97 Å². The summed E-state index contributed by atoms with van der Waals surface area (Å²) >= 11 is 0. The first-order chi connectivity index (χ1) is 9.51. The molecule has 5 nitrogen and oxygen atoms in total. The van der Waals surface area contributed by atoms with Crippen LogP contribution in [0.4, 0.5) is 10.5 Å². The molecule has 0 radical (unpaired) electrons. The van der Waals surface area contributed by atoms with Crippen LogP contribution in [0.5, 0.6) is 0 Å². The maximum Gasteiger partial charge on any atom is 0.325 e. The van der Waals surface area contributed by atoms with E-state index in [4.69, 9.17) is 5.11 Å². The number of amides is 2. The number of rotatable bonds is 6. The summed E-state index contributed by atoms with van der Waals surface area (Å²) in [7, 11) is 0. The molecule has 0 spiro atoms. The third kappa shape index (κ3) is 3.98. The Labute approximate surface area is 119 Å². The van der Waals surface area contributed by atoms with Gasteiger partial charge in [-0.1, -0.05) is 25.1 Å². The normalized spacial score (nSPS) is 11.8. The lowest BCUT2D eigenvalue weighted by molar-refractivity contribution is -0.135. The number of hydrogen-bond acceptors (Lipinski definition) is 2. The van der Waals surface area contributed by atoms with E-state index >= 15 is 0 Å². The molecular weight excluding hydrogens is 256 g/mol. The molecule has 110 valence electrons. The number of nitrogens with zero attached hydrogens (tertiary/aromatic N) is 2. The predicted octanol–water partition coefficient (Wildman–Crippen LogP) is 2.82. The van der Waals surface area contributed by atoms with Gasteiger partial charge in [0, 0.05) is 18.3 Å². The lowest BCUT2D eigenvalue weighted by Crippen LogP contribution is -2.48. The molecule has 0 aliphatic rings. The Morgan fingerprint density at radius 3 is 2.25 bits per heavy atom. The molecular formula is C15H22N2O3. The van der Waals surface area contributed by atoms with Crippen LogP contribution in [0.1, 0.15) is 27.2 Å². The summed E-state index contributed by atoms with van der Waals surface area (Å²) in [6, 6.07) is 8.70. The third-order valence-corrected chi connectivity index (χ3v) is 3.30. The second kappa shape index (κ2) is 7.53. The van der Waals surface area contributed by atoms with Crippen molar-refractivity contribution in [3.8, 4) is 0 Å². The van der Waals surface area contributed by atoms with Gasteiger partial charge >= 0.3 is 12.0 Å². The van der Waals surface area contributed by atoms with Gasteiger partial charge in [0.1, 0.15) is 6.54 Å². The van der Waals surface area contributed by atoms with Gasteiger partial charge in [0.05, 0.1) is 0 Å². The summed E-state index contributed by atoms with van der Waals surface area (Å²) in [6.07, 6.45) is 0.829. The average Bonchev–Trinajstić information content (AvgIpc) is 2.45. The SMILES string of the molecule is CCC(C)N(CC)C(=O)N(CC(=O)O)c1ccccc1. The molecule has 1 aromatic rings. The fraction of sp³-hybridized carbons (Fsp3) is 0.467. The van der Waals surface area contributed by atoms with E-state index in [0.29, 0.717) is 12.2 Å². The van der Waals surface area contributed by atoms with Crippen molar-refractivity contribution in [1.82, 2.24) is 4.90 Å². The van der Waals surface area contributed by atoms with Gasteiger partial charge in [-0.15, -0.1) is 0 Å². The van der Waals surface area contributed by atoms with Crippen molar-refractivity contribution in [2.24, 2.45) is 0 Å². The molecule has 0 saturated carbocycles. The smallest absolute Gasteiger partial charge is 0.325 e. The molecule has 0 heterocycles. The van der Waals surface area contributed by atoms with Gasteiger partial charge in [-0.2, -0.15) is 0 Å². The highest BCUT2D eigenvalue weighted by Crippen LogP contribution is 2.17. The molecule has 0 bridgehead atoms. The van der Waals surface area contributed by atoms with Crippen LogP contribution in [0.15, 0.2) is 30.3 Å². The molecule has 5 heteroatoms. The number of carboxylic acid groups (broad SMARTS) is 1. The molecule has 1 aromatic carbocycles. The molecule has 0 fully saturated rings. The van der Waals surface area contributed by atoms with Gasteiger partial charge in [-0.05, 0) is 32.4 Å². The number of carbonyl (C=O) groups is 2. The number of para-hydroxylation sites is 1. The first kappa shape index (κ1) is 16.0. The van der Waals surface area contributed by atoms with Crippen molar-refractivity contribution in [2.45, 2.75) is 33.2 Å². The van der Waals surface area contributed by atoms with Crippen LogP contribution < -0.4 is 4.90 Å². The number of aliphatic carboxylic acids is 1. The topological polar surface area (TPSA) is 60.9 Å². The first-order valence-electron chi connectivity index (χ1n) is 6.86. The third-order valence-electron chi connectivity index (χ3n) is 3.30. The highest BCUT2D eigenvalue weighted by molar-refractivity contribution is 5.96. The van der Waals surface area contributed by atoms with Crippen molar-refractivity contribution in [2.75, 3.05) is 18.0 Å². The lowest BCUT2D eigenvalue weighted by atomic mass is 10.2. The molecule has 1 N–H and O–H groups in total. The van der Waals surface area contributed by atoms with Crippen LogP contribution in [-0.4, -0.2) is 41.1 Å². The first-order valence-corrected chi connectivity index (χ1v) is 6.86. The van der Waals surface area contributed by atoms with E-state index in [-0.39, 0.29) is 18.6 Å². The quantitative estimate of drug-likeness (QED) is 0.870. The Bertz CT molecular complexity index is 448. The summed E-state index contributed by atoms with van der Waals surface area (Å²) in [4.78, 5) is 26.6. The Kier molecular flexibility index (Phi) is 6.03. The second-order valence-electron chi connectivity index (χ2n) is 4.64. The molecule has 0 saturated heterocycles. The zero-order valence-electron chi connectivity index (χ0n) is 12.2. The van der Waals surface area contributed by atoms with Gasteiger partial charge in [-0.3, -0.25) is 9.69 Å². The van der Waals surface area contributed by atoms with Crippen LogP contribution in [-0.2, 0) is 4.79 Å². The summed E-state index contributed by atoms with van der Waals surface area (Å²) in [6.45, 7) is 6.08. The fourth-order valence-corrected chi connectivity index (χ4v) is 2.02. The predicted molar refractivity (Wildman–Crippen MR) is 79.0 cm³/mol. The molecule has 0 aromatic heterocycles. The Hall–Kier alpha value is -2.04. The summed E-state index contributed by atoms with van der Waals surface area (Å²) < 4.78 is 0. The number of carbonyl (C=O) groups excluding carboxylic acids is 1. The van der Waals surface area contributed by atoms with E-state index in [1.165, 1.54) is 4.90 Å². The van der Waals surface area contributed by atoms with Crippen LogP contribution in [0, 0.1) is 0 Å². The van der Waals surface area contributed by atoms with Crippen LogP contribution in [0.3, 0.4) is 0 Å². The van der Waals surface area contributed by atoms with E-state index in [1.807, 2.05) is 26.8 Å². The molecule has 1 atom stereocenters. The number of anilines is 1. The van der Waals surface area contributed by atoms with E-state index in [1.54, 1.807) is 29.2 Å². The minimum absolute atomic E-state index is 0.0764. The Balaban J connectivity index is 3.04. The highest BCUT2D eigenvalue weighted by atomic mass is 16.4. The maximum absolute atomic E-state index is 12.6. The van der Waals surface area contributed by atoms with E-state index in [2.05, 4.69) is 0 Å². The molecule has 20 heavy (non-hydrogen) atoms. The minimum Gasteiger partial charge on any atom is -0.480 e. The zero-order valence-corrected chi connectivity index (χ0v) is 12.2. The molecule has 1 unspecified atom stereocenters. The van der Waals surface area contributed by atoms with Gasteiger partial charge in [-0.25, -0.2) is 4.79 Å².